The number of aliphatic hydroxyl groups excluding tert-OH is 8. The van der Waals surface area contributed by atoms with E-state index in [0.29, 0.717) is 0 Å². The second-order valence-corrected chi connectivity index (χ2v) is 12.1. The lowest BCUT2D eigenvalue weighted by molar-refractivity contribution is -0.323. The molecule has 19 heteroatoms. The van der Waals surface area contributed by atoms with Gasteiger partial charge in [0.05, 0.1) is 31.4 Å². The average Bonchev–Trinajstić information content (AvgIpc) is 3.01. The van der Waals surface area contributed by atoms with Crippen LogP contribution in [0.15, 0.2) is 0 Å². The molecule has 1 aliphatic carbocycles. The van der Waals surface area contributed by atoms with Gasteiger partial charge in [-0.1, -0.05) is 0 Å². The Hall–Kier alpha value is -1.05. The SMILES string of the molecule is NCC[C@H](O)C(=O)C[C@@H]1C[C@H](N)C(O[C@H]2O[C@H](CNCC(N)CO)[C@@H](O)[C@H](O)[C@H]2N)[C@H](O)[C@H]1O[C@H]1O[C@H](CO)[C@@H](O)[C@H](N)[C@H]1O. The molecule has 1 saturated carbocycles. The van der Waals surface area contributed by atoms with Gasteiger partial charge >= 0.3 is 0 Å². The Morgan fingerprint density at radius 3 is 2.13 bits per heavy atom. The maximum Gasteiger partial charge on any atom is 0.186 e. The number of rotatable bonds is 15. The van der Waals surface area contributed by atoms with Gasteiger partial charge in [0.25, 0.3) is 0 Å². The number of ketones is 1. The van der Waals surface area contributed by atoms with Gasteiger partial charge in [0.1, 0.15) is 54.9 Å². The summed E-state index contributed by atoms with van der Waals surface area (Å²) < 4.78 is 23.4. The van der Waals surface area contributed by atoms with Crippen LogP contribution < -0.4 is 34.0 Å². The summed E-state index contributed by atoms with van der Waals surface area (Å²) >= 11 is 0. The molecule has 3 rings (SSSR count). The molecule has 0 amide bonds. The number of carbonyl (C=O) groups excluding carboxylic acids is 1. The zero-order chi connectivity index (χ0) is 33.6. The Morgan fingerprint density at radius 2 is 1.51 bits per heavy atom. The van der Waals surface area contributed by atoms with Crippen molar-refractivity contribution in [3.63, 3.8) is 0 Å². The van der Waals surface area contributed by atoms with Gasteiger partial charge in [-0.25, -0.2) is 0 Å². The number of hydrogen-bond acceptors (Lipinski definition) is 19. The van der Waals surface area contributed by atoms with E-state index >= 15 is 0 Å². The predicted molar refractivity (Wildman–Crippen MR) is 153 cm³/mol. The molecule has 2 aliphatic heterocycles. The van der Waals surface area contributed by atoms with Crippen LogP contribution in [0.5, 0.6) is 0 Å². The van der Waals surface area contributed by atoms with Gasteiger partial charge in [-0.15, -0.1) is 0 Å². The first kappa shape index (κ1) is 38.4. The fraction of sp³-hybridized carbons (Fsp3) is 0.962. The van der Waals surface area contributed by atoms with Crippen LogP contribution in [-0.4, -0.2) is 177 Å². The van der Waals surface area contributed by atoms with Crippen LogP contribution in [0.25, 0.3) is 0 Å². The summed E-state index contributed by atoms with van der Waals surface area (Å²) in [5, 5.41) is 85.5. The van der Waals surface area contributed by atoms with E-state index < -0.39 is 116 Å². The van der Waals surface area contributed by atoms with Crippen molar-refractivity contribution >= 4 is 5.78 Å². The van der Waals surface area contributed by atoms with Gasteiger partial charge in [-0.05, 0) is 25.3 Å². The van der Waals surface area contributed by atoms with Crippen molar-refractivity contribution < 1.29 is 64.6 Å². The molecule has 2 heterocycles. The lowest BCUT2D eigenvalue weighted by atomic mass is 9.76. The topological polar surface area (TPSA) is 358 Å². The summed E-state index contributed by atoms with van der Waals surface area (Å²) in [6, 6.07) is -4.12. The fourth-order valence-electron chi connectivity index (χ4n) is 5.88. The molecule has 0 spiro atoms. The zero-order valence-corrected chi connectivity index (χ0v) is 25.0. The van der Waals surface area contributed by atoms with Gasteiger partial charge in [0, 0.05) is 31.6 Å². The Kier molecular flexibility index (Phi) is 14.8. The molecule has 0 radical (unpaired) electrons. The van der Waals surface area contributed by atoms with Crippen molar-refractivity contribution in [2.75, 3.05) is 32.8 Å². The monoisotopic (exact) mass is 656 g/mol. The molecule has 264 valence electrons. The number of aliphatic hydroxyl groups is 8. The second-order valence-electron chi connectivity index (χ2n) is 12.1. The normalized spacial score (nSPS) is 44.0. The Labute approximate surface area is 260 Å². The van der Waals surface area contributed by atoms with E-state index in [1.54, 1.807) is 0 Å². The van der Waals surface area contributed by atoms with E-state index in [4.69, 9.17) is 52.7 Å². The lowest BCUT2D eigenvalue weighted by Crippen LogP contribution is -2.68. The summed E-state index contributed by atoms with van der Waals surface area (Å²) in [7, 11) is 0. The number of Topliss-reactive ketones (excluding diaryl/α,β-unsaturated/α-hetero) is 1. The van der Waals surface area contributed by atoms with Crippen LogP contribution in [0, 0.1) is 5.92 Å². The highest BCUT2D eigenvalue weighted by Gasteiger charge is 2.52. The highest BCUT2D eigenvalue weighted by Crippen LogP contribution is 2.36. The van der Waals surface area contributed by atoms with Crippen molar-refractivity contribution in [3.8, 4) is 0 Å². The molecular weight excluding hydrogens is 604 g/mol. The summed E-state index contributed by atoms with van der Waals surface area (Å²) in [6.45, 7) is -0.725. The molecule has 0 aromatic heterocycles. The average molecular weight is 657 g/mol. The van der Waals surface area contributed by atoms with Gasteiger partial charge in [0.15, 0.2) is 18.4 Å². The fourth-order valence-corrected chi connectivity index (χ4v) is 5.88. The van der Waals surface area contributed by atoms with Crippen molar-refractivity contribution in [3.05, 3.63) is 0 Å². The molecule has 2 saturated heterocycles. The van der Waals surface area contributed by atoms with Crippen LogP contribution in [0.1, 0.15) is 19.3 Å². The van der Waals surface area contributed by atoms with Crippen molar-refractivity contribution in [1.29, 1.82) is 0 Å². The Morgan fingerprint density at radius 1 is 0.867 bits per heavy atom. The number of ether oxygens (including phenoxy) is 4. The Balaban J connectivity index is 1.82. The van der Waals surface area contributed by atoms with E-state index in [1.165, 1.54) is 0 Å². The quantitative estimate of drug-likeness (QED) is 0.0777. The van der Waals surface area contributed by atoms with E-state index in [1.807, 2.05) is 0 Å². The number of nitrogens with two attached hydrogens (primary N) is 5. The molecule has 0 bridgehead atoms. The first-order valence-corrected chi connectivity index (χ1v) is 15.1. The molecule has 3 aliphatic rings. The molecule has 0 aromatic rings. The smallest absolute Gasteiger partial charge is 0.186 e. The molecular formula is C26H52N6O13. The third-order valence-electron chi connectivity index (χ3n) is 8.66. The van der Waals surface area contributed by atoms with E-state index in [0.717, 1.165) is 0 Å². The first-order chi connectivity index (χ1) is 21.2. The molecule has 45 heavy (non-hydrogen) atoms. The van der Waals surface area contributed by atoms with Crippen LogP contribution >= 0.6 is 0 Å². The molecule has 17 atom stereocenters. The van der Waals surface area contributed by atoms with Crippen LogP contribution in [-0.2, 0) is 23.7 Å². The summed E-state index contributed by atoms with van der Waals surface area (Å²) in [5.41, 5.74) is 29.6. The van der Waals surface area contributed by atoms with Crippen LogP contribution in [0.2, 0.25) is 0 Å². The molecule has 3 fully saturated rings. The minimum absolute atomic E-state index is 0.000161. The molecule has 2 unspecified atom stereocenters. The number of carbonyl (C=O) groups is 1. The highest BCUT2D eigenvalue weighted by molar-refractivity contribution is 5.83. The second kappa shape index (κ2) is 17.4. The highest BCUT2D eigenvalue weighted by atomic mass is 16.7. The van der Waals surface area contributed by atoms with Crippen molar-refractivity contribution in [1.82, 2.24) is 5.32 Å². The molecule has 19 N–H and O–H groups in total. The summed E-state index contributed by atoms with van der Waals surface area (Å²) in [6.07, 6.45) is -17.1. The van der Waals surface area contributed by atoms with Gasteiger partial charge in [0.2, 0.25) is 0 Å². The standard InChI is InChI=1S/C26H52N6O13/c27-2-1-12(35)13(36)4-9-3-11(29)24(22(41)23(9)44-26-21(40)16(30)18(37)15(8-34)43-26)45-25-17(31)20(39)19(38)14(42-25)6-32-5-10(28)7-33/h9-12,14-26,32-35,37-41H,1-8,27-31H2/t9-,10?,11-,12-,14+,15+,16-,17+,18+,19+,20+,21+,22+,23-,24?,25+,26+/m0/s1. The summed E-state index contributed by atoms with van der Waals surface area (Å²) in [5.74, 6) is -1.43. The third-order valence-corrected chi connectivity index (χ3v) is 8.66. The van der Waals surface area contributed by atoms with Gasteiger partial charge in [-0.3, -0.25) is 4.79 Å². The van der Waals surface area contributed by atoms with Crippen molar-refractivity contribution in [2.45, 2.75) is 117 Å². The third kappa shape index (κ3) is 9.31. The van der Waals surface area contributed by atoms with Crippen molar-refractivity contribution in [2.24, 2.45) is 34.6 Å². The predicted octanol–water partition coefficient (Wildman–Crippen LogP) is -8.42. The minimum atomic E-state index is -1.64. The van der Waals surface area contributed by atoms with E-state index in [-0.39, 0.29) is 45.5 Å². The minimum Gasteiger partial charge on any atom is -0.395 e. The molecule has 0 aromatic carbocycles. The van der Waals surface area contributed by atoms with Crippen LogP contribution in [0.3, 0.4) is 0 Å². The summed E-state index contributed by atoms with van der Waals surface area (Å²) in [4.78, 5) is 12.8. The maximum absolute atomic E-state index is 12.8. The Bertz CT molecular complexity index is 913. The number of nitrogens with one attached hydrogen (secondary N) is 1. The number of hydrogen-bond donors (Lipinski definition) is 14. The lowest BCUT2D eigenvalue weighted by Gasteiger charge is -2.49. The van der Waals surface area contributed by atoms with Crippen LogP contribution in [0.4, 0.5) is 0 Å². The van der Waals surface area contributed by atoms with E-state index in [9.17, 15) is 40.5 Å². The largest absolute Gasteiger partial charge is 0.395 e. The molecule has 19 nitrogen and oxygen atoms in total. The maximum atomic E-state index is 12.8. The van der Waals surface area contributed by atoms with E-state index in [2.05, 4.69) is 5.32 Å². The van der Waals surface area contributed by atoms with Gasteiger partial charge in [-0.2, -0.15) is 0 Å². The van der Waals surface area contributed by atoms with Gasteiger partial charge < -0.3 is 93.8 Å². The first-order valence-electron chi connectivity index (χ1n) is 15.1. The zero-order valence-electron chi connectivity index (χ0n) is 25.0.